The van der Waals surface area contributed by atoms with E-state index < -0.39 is 16.4 Å². The zero-order valence-electron chi connectivity index (χ0n) is 14.7. The van der Waals surface area contributed by atoms with E-state index in [-0.39, 0.29) is 40.1 Å². The molecule has 1 amide bonds. The standard InChI is InChI=1S/C19H16Cl2N2O4/c1-11-9-19(16(21)7-14(20)8-17(19)24)22(10-12(11)2)18(25)13-3-5-15(6-4-13)23(26)27/h3-8H,9-10H2,1-2H3. The first-order valence-corrected chi connectivity index (χ1v) is 8.93. The lowest BCUT2D eigenvalue weighted by molar-refractivity contribution is -0.384. The molecule has 27 heavy (non-hydrogen) atoms. The van der Waals surface area contributed by atoms with E-state index in [2.05, 4.69) is 0 Å². The quantitative estimate of drug-likeness (QED) is 0.415. The number of non-ortho nitro benzene ring substituents is 1. The molecule has 1 spiro atoms. The minimum absolute atomic E-state index is 0.117. The molecule has 1 heterocycles. The lowest BCUT2D eigenvalue weighted by Gasteiger charge is -2.47. The molecule has 1 aromatic carbocycles. The molecule has 1 unspecified atom stereocenters. The average Bonchev–Trinajstić information content (AvgIpc) is 2.61. The Morgan fingerprint density at radius 2 is 1.78 bits per heavy atom. The molecule has 0 N–H and O–H groups in total. The van der Waals surface area contributed by atoms with Gasteiger partial charge in [-0.3, -0.25) is 19.7 Å². The van der Waals surface area contributed by atoms with E-state index in [1.807, 2.05) is 13.8 Å². The average molecular weight is 407 g/mol. The number of benzene rings is 1. The van der Waals surface area contributed by atoms with Crippen LogP contribution in [0.4, 0.5) is 5.69 Å². The van der Waals surface area contributed by atoms with Gasteiger partial charge in [-0.1, -0.05) is 34.3 Å². The summed E-state index contributed by atoms with van der Waals surface area (Å²) in [6, 6.07) is 5.27. The molecule has 0 radical (unpaired) electrons. The van der Waals surface area contributed by atoms with Crippen molar-refractivity contribution in [2.45, 2.75) is 25.8 Å². The molecular weight excluding hydrogens is 391 g/mol. The van der Waals surface area contributed by atoms with Crippen LogP contribution in [0.1, 0.15) is 30.6 Å². The van der Waals surface area contributed by atoms with Crippen LogP contribution in [-0.2, 0) is 4.79 Å². The van der Waals surface area contributed by atoms with Crippen LogP contribution >= 0.6 is 23.2 Å². The highest BCUT2D eigenvalue weighted by Gasteiger charge is 2.51. The summed E-state index contributed by atoms with van der Waals surface area (Å²) in [6.07, 6.45) is 3.03. The van der Waals surface area contributed by atoms with E-state index in [1.54, 1.807) is 0 Å². The maximum absolute atomic E-state index is 13.2. The van der Waals surface area contributed by atoms with E-state index in [4.69, 9.17) is 23.2 Å². The smallest absolute Gasteiger partial charge is 0.269 e. The van der Waals surface area contributed by atoms with Crippen LogP contribution in [-0.4, -0.2) is 33.6 Å². The molecule has 1 aliphatic heterocycles. The van der Waals surface area contributed by atoms with Gasteiger partial charge in [0.1, 0.15) is 5.54 Å². The van der Waals surface area contributed by atoms with Crippen LogP contribution in [0.3, 0.4) is 0 Å². The fourth-order valence-corrected chi connectivity index (χ4v) is 3.99. The molecule has 0 saturated heterocycles. The SMILES string of the molecule is CC1=C(C)CC2(C(=O)C=C(Cl)C=C2Cl)N(C(=O)c2ccc([N+](=O)[O-])cc2)C1. The minimum atomic E-state index is -1.34. The predicted octanol–water partition coefficient (Wildman–Crippen LogP) is 4.34. The van der Waals surface area contributed by atoms with Gasteiger partial charge in [-0.15, -0.1) is 0 Å². The molecule has 1 aromatic rings. The van der Waals surface area contributed by atoms with Crippen molar-refractivity contribution in [2.75, 3.05) is 6.54 Å². The molecule has 140 valence electrons. The number of amides is 1. The Labute approximate surface area is 165 Å². The van der Waals surface area contributed by atoms with Gasteiger partial charge in [0.05, 0.1) is 9.96 Å². The van der Waals surface area contributed by atoms with Crippen LogP contribution in [0.15, 0.2) is 57.6 Å². The predicted molar refractivity (Wildman–Crippen MR) is 103 cm³/mol. The van der Waals surface area contributed by atoms with E-state index >= 15 is 0 Å². The van der Waals surface area contributed by atoms with Gasteiger partial charge in [-0.25, -0.2) is 0 Å². The largest absolute Gasteiger partial charge is 0.316 e. The summed E-state index contributed by atoms with van der Waals surface area (Å²) in [4.78, 5) is 37.9. The second-order valence-electron chi connectivity index (χ2n) is 6.68. The molecule has 0 fully saturated rings. The zero-order chi connectivity index (χ0) is 19.9. The van der Waals surface area contributed by atoms with Gasteiger partial charge in [-0.2, -0.15) is 0 Å². The molecule has 6 nitrogen and oxygen atoms in total. The second-order valence-corrected chi connectivity index (χ2v) is 7.52. The van der Waals surface area contributed by atoms with Crippen LogP contribution in [0.5, 0.6) is 0 Å². The van der Waals surface area contributed by atoms with Crippen molar-refractivity contribution >= 4 is 40.6 Å². The fraction of sp³-hybridized carbons (Fsp3) is 0.263. The Kier molecular flexibility index (Phi) is 4.97. The van der Waals surface area contributed by atoms with Gasteiger partial charge in [0, 0.05) is 41.8 Å². The molecule has 1 aliphatic carbocycles. The van der Waals surface area contributed by atoms with E-state index in [0.29, 0.717) is 0 Å². The Balaban J connectivity index is 2.08. The van der Waals surface area contributed by atoms with Crippen molar-refractivity contribution in [2.24, 2.45) is 0 Å². The monoisotopic (exact) mass is 406 g/mol. The Morgan fingerprint density at radius 3 is 2.33 bits per heavy atom. The summed E-state index contributed by atoms with van der Waals surface area (Å²) >= 11 is 12.4. The number of halogens is 2. The molecular formula is C19H16Cl2N2O4. The number of hydrogen-bond acceptors (Lipinski definition) is 4. The summed E-state index contributed by atoms with van der Waals surface area (Å²) in [5.74, 6) is -0.787. The fourth-order valence-electron chi connectivity index (χ4n) is 3.34. The molecule has 1 atom stereocenters. The topological polar surface area (TPSA) is 80.5 Å². The summed E-state index contributed by atoms with van der Waals surface area (Å²) in [5.41, 5.74) is 0.726. The number of nitro benzene ring substituents is 1. The van der Waals surface area contributed by atoms with Crippen molar-refractivity contribution in [1.29, 1.82) is 0 Å². The van der Waals surface area contributed by atoms with E-state index in [1.165, 1.54) is 41.3 Å². The summed E-state index contributed by atoms with van der Waals surface area (Å²) in [5, 5.41) is 11.2. The van der Waals surface area contributed by atoms with E-state index in [0.717, 1.165) is 11.1 Å². The maximum Gasteiger partial charge on any atom is 0.269 e. The van der Waals surface area contributed by atoms with Gasteiger partial charge in [0.15, 0.2) is 5.78 Å². The van der Waals surface area contributed by atoms with Crippen molar-refractivity contribution in [3.8, 4) is 0 Å². The number of rotatable bonds is 2. The lowest BCUT2D eigenvalue weighted by Crippen LogP contribution is -2.60. The summed E-state index contributed by atoms with van der Waals surface area (Å²) in [7, 11) is 0. The number of ketones is 1. The van der Waals surface area contributed by atoms with Crippen molar-refractivity contribution < 1.29 is 14.5 Å². The number of nitrogens with zero attached hydrogens (tertiary/aromatic N) is 2. The summed E-state index contributed by atoms with van der Waals surface area (Å²) < 4.78 is 0. The first-order chi connectivity index (χ1) is 12.7. The van der Waals surface area contributed by atoms with Crippen LogP contribution < -0.4 is 0 Å². The molecule has 0 aromatic heterocycles. The third-order valence-corrected chi connectivity index (χ3v) is 5.65. The normalized spacial score (nSPS) is 22.7. The first kappa shape index (κ1) is 19.3. The van der Waals surface area contributed by atoms with Gasteiger partial charge in [0.25, 0.3) is 11.6 Å². The maximum atomic E-state index is 13.2. The number of carbonyl (C=O) groups is 2. The Morgan fingerprint density at radius 1 is 1.15 bits per heavy atom. The minimum Gasteiger partial charge on any atom is -0.316 e. The van der Waals surface area contributed by atoms with Gasteiger partial charge < -0.3 is 4.90 Å². The van der Waals surface area contributed by atoms with Crippen LogP contribution in [0, 0.1) is 10.1 Å². The van der Waals surface area contributed by atoms with Gasteiger partial charge in [0.2, 0.25) is 0 Å². The summed E-state index contributed by atoms with van der Waals surface area (Å²) in [6.45, 7) is 4.02. The molecule has 0 saturated carbocycles. The van der Waals surface area contributed by atoms with Gasteiger partial charge >= 0.3 is 0 Å². The second kappa shape index (κ2) is 6.94. The highest BCUT2D eigenvalue weighted by molar-refractivity contribution is 6.40. The van der Waals surface area contributed by atoms with Crippen molar-refractivity contribution in [1.82, 2.24) is 4.90 Å². The highest BCUT2D eigenvalue weighted by atomic mass is 35.5. The molecule has 8 heteroatoms. The van der Waals surface area contributed by atoms with Crippen LogP contribution in [0.25, 0.3) is 0 Å². The van der Waals surface area contributed by atoms with E-state index in [9.17, 15) is 19.7 Å². The highest BCUT2D eigenvalue weighted by Crippen LogP contribution is 2.43. The third kappa shape index (κ3) is 3.19. The Bertz CT molecular complexity index is 947. The van der Waals surface area contributed by atoms with Gasteiger partial charge in [-0.05, 0) is 32.1 Å². The third-order valence-electron chi connectivity index (χ3n) is 5.01. The van der Waals surface area contributed by atoms with Crippen LogP contribution in [0.2, 0.25) is 0 Å². The van der Waals surface area contributed by atoms with Crippen molar-refractivity contribution in [3.63, 3.8) is 0 Å². The molecule has 0 bridgehead atoms. The Hall–Kier alpha value is -2.44. The number of nitro groups is 1. The van der Waals surface area contributed by atoms with Crippen molar-refractivity contribution in [3.05, 3.63) is 73.3 Å². The molecule has 2 aliphatic rings. The number of allylic oxidation sites excluding steroid dienone is 2. The molecule has 3 rings (SSSR count). The number of hydrogen-bond donors (Lipinski definition) is 0. The lowest BCUT2D eigenvalue weighted by atomic mass is 9.77. The first-order valence-electron chi connectivity index (χ1n) is 8.18. The zero-order valence-corrected chi connectivity index (χ0v) is 16.2. The number of carbonyl (C=O) groups excluding carboxylic acids is 2.